The molecule has 0 spiro atoms. The van der Waals surface area contributed by atoms with Crippen LogP contribution in [0.25, 0.3) is 89.2 Å². The summed E-state index contributed by atoms with van der Waals surface area (Å²) in [6, 6.07) is 42.2. The van der Waals surface area contributed by atoms with Gasteiger partial charge in [0.15, 0.2) is 22.6 Å². The van der Waals surface area contributed by atoms with Gasteiger partial charge in [0.1, 0.15) is 46.3 Å². The number of anilines is 8. The van der Waals surface area contributed by atoms with Crippen molar-refractivity contribution in [1.29, 1.82) is 0 Å². The number of methoxy groups -OCH3 is 4. The van der Waals surface area contributed by atoms with E-state index in [2.05, 4.69) is 70.4 Å². The van der Waals surface area contributed by atoms with Crippen molar-refractivity contribution in [3.05, 3.63) is 144 Å². The number of fused-ring (bicyclic) bond motifs is 16. The van der Waals surface area contributed by atoms with Gasteiger partial charge in [-0.25, -0.2) is 19.9 Å². The van der Waals surface area contributed by atoms with Gasteiger partial charge in [-0.15, -0.1) is 0 Å². The maximum absolute atomic E-state index is 9.81. The number of rotatable bonds is 20. The third-order valence-corrected chi connectivity index (χ3v) is 30.6. The Hall–Kier alpha value is -12.0. The van der Waals surface area contributed by atoms with Crippen molar-refractivity contribution in [3.8, 4) is 68.0 Å². The molecule has 0 aliphatic carbocycles. The van der Waals surface area contributed by atoms with Gasteiger partial charge in [-0.2, -0.15) is 39.9 Å². The molecule has 26 rings (SSSR count). The minimum absolute atomic E-state index is 0.0966. The van der Waals surface area contributed by atoms with Crippen molar-refractivity contribution in [2.45, 2.75) is 189 Å². The number of pyridine rings is 4. The fourth-order valence-electron chi connectivity index (χ4n) is 23.4. The number of nitrogens with zero attached hydrogens (tertiary/aromatic N) is 20. The minimum atomic E-state index is -0.101. The highest BCUT2D eigenvalue weighted by molar-refractivity contribution is 5.94. The van der Waals surface area contributed by atoms with Gasteiger partial charge in [-0.1, -0.05) is 0 Å². The molecular weight excluding hydrogens is 1800 g/mol. The summed E-state index contributed by atoms with van der Waals surface area (Å²) in [4.78, 5) is 79.2. The van der Waals surface area contributed by atoms with Crippen LogP contribution in [0.3, 0.4) is 0 Å². The second-order valence-corrected chi connectivity index (χ2v) is 39.2. The van der Waals surface area contributed by atoms with Crippen molar-refractivity contribution >= 4 is 91.2 Å². The molecular formula is C105H122N20O16. The van der Waals surface area contributed by atoms with Gasteiger partial charge in [0.25, 0.3) is 0 Å². The Morgan fingerprint density at radius 3 is 0.929 bits per heavy atom. The highest BCUT2D eigenvalue weighted by atomic mass is 16.5. The highest BCUT2D eigenvalue weighted by Gasteiger charge is 2.47. The van der Waals surface area contributed by atoms with Crippen LogP contribution in [0.15, 0.2) is 121 Å². The van der Waals surface area contributed by atoms with E-state index in [-0.39, 0.29) is 56.9 Å². The normalized spacial score (nSPS) is 25.3. The van der Waals surface area contributed by atoms with Crippen LogP contribution in [-0.4, -0.2) is 313 Å². The molecule has 12 aromatic rings. The zero-order valence-corrected chi connectivity index (χ0v) is 80.4. The first-order valence-corrected chi connectivity index (χ1v) is 50.1. The Balaban J connectivity index is 0.000000105. The molecule has 0 radical (unpaired) electrons. The second kappa shape index (κ2) is 40.4. The van der Waals surface area contributed by atoms with E-state index in [1.54, 1.807) is 28.4 Å². The van der Waals surface area contributed by atoms with Gasteiger partial charge >= 0.3 is 0 Å². The number of aliphatic hydroxyl groups excluding tert-OH is 4. The first-order valence-electron chi connectivity index (χ1n) is 50.1. The lowest BCUT2D eigenvalue weighted by atomic mass is 10.1. The van der Waals surface area contributed by atoms with Crippen molar-refractivity contribution < 1.29 is 77.3 Å². The van der Waals surface area contributed by atoms with Crippen LogP contribution in [0, 0.1) is 0 Å². The molecule has 14 saturated heterocycles. The van der Waals surface area contributed by atoms with E-state index in [1.807, 2.05) is 97.1 Å². The van der Waals surface area contributed by atoms with Crippen molar-refractivity contribution in [1.82, 2.24) is 59.8 Å². The number of hydrogen-bond donors (Lipinski definition) is 4. The van der Waals surface area contributed by atoms with Gasteiger partial charge in [0.05, 0.1) is 257 Å². The minimum Gasteiger partial charge on any atom is -0.496 e. The molecule has 12 unspecified atom stereocenters. The second-order valence-electron chi connectivity index (χ2n) is 39.2. The van der Waals surface area contributed by atoms with E-state index in [9.17, 15) is 20.4 Å². The third kappa shape index (κ3) is 18.3. The van der Waals surface area contributed by atoms with E-state index in [4.69, 9.17) is 117 Å². The zero-order valence-electron chi connectivity index (χ0n) is 80.4. The van der Waals surface area contributed by atoms with Gasteiger partial charge in [-0.05, 0) is 205 Å². The van der Waals surface area contributed by atoms with Crippen LogP contribution in [0.2, 0.25) is 0 Å². The maximum atomic E-state index is 9.81. The molecule has 36 nitrogen and oxygen atoms in total. The average Bonchev–Trinajstić information content (AvgIpc) is 1.70. The van der Waals surface area contributed by atoms with Gasteiger partial charge in [0, 0.05) is 90.3 Å². The van der Waals surface area contributed by atoms with Crippen LogP contribution in [-0.2, 0) is 64.3 Å². The predicted molar refractivity (Wildman–Crippen MR) is 532 cm³/mol. The predicted octanol–water partition coefficient (Wildman–Crippen LogP) is 11.0. The number of ether oxygens (including phenoxy) is 12. The smallest absolute Gasteiger partial charge is 0.230 e. The Morgan fingerprint density at radius 1 is 0.284 bits per heavy atom. The summed E-state index contributed by atoms with van der Waals surface area (Å²) in [6.07, 6.45) is 14.3. The summed E-state index contributed by atoms with van der Waals surface area (Å²) in [5.41, 5.74) is 12.5. The summed E-state index contributed by atoms with van der Waals surface area (Å²) >= 11 is 0. The van der Waals surface area contributed by atoms with E-state index in [0.717, 1.165) is 300 Å². The quantitative estimate of drug-likeness (QED) is 0.0550. The van der Waals surface area contributed by atoms with Gasteiger partial charge < -0.3 is 116 Å². The molecule has 13 atom stereocenters. The van der Waals surface area contributed by atoms with E-state index in [0.29, 0.717) is 132 Å². The lowest BCUT2D eigenvalue weighted by molar-refractivity contribution is 0.0296. The van der Waals surface area contributed by atoms with Gasteiger partial charge in [-0.3, -0.25) is 0 Å². The molecule has 0 amide bonds. The lowest BCUT2D eigenvalue weighted by Gasteiger charge is -2.38. The summed E-state index contributed by atoms with van der Waals surface area (Å²) in [7, 11) is 6.43. The number of benzene rings is 4. The van der Waals surface area contributed by atoms with Crippen LogP contribution in [0.1, 0.15) is 106 Å². The molecule has 8 aromatic heterocycles. The van der Waals surface area contributed by atoms with Gasteiger partial charge in [0.2, 0.25) is 23.8 Å². The zero-order chi connectivity index (χ0) is 95.5. The van der Waals surface area contributed by atoms with Crippen LogP contribution in [0.5, 0.6) is 23.0 Å². The molecule has 0 saturated carbocycles. The molecule has 14 aliphatic rings. The Labute approximate surface area is 817 Å². The molecule has 4 aromatic carbocycles. The topological polar surface area (TPSA) is 372 Å². The fraction of sp³-hybridized carbons (Fsp3) is 0.505. The monoisotopic (exact) mass is 1920 g/mol. The Bertz CT molecular complexity index is 6500. The molecule has 4 N–H and O–H groups in total. The average molecular weight is 1920 g/mol. The Morgan fingerprint density at radius 2 is 0.582 bits per heavy atom. The summed E-state index contributed by atoms with van der Waals surface area (Å²) < 4.78 is 68.2. The molecule has 738 valence electrons. The third-order valence-electron chi connectivity index (χ3n) is 30.6. The number of aliphatic hydroxyl groups is 4. The Kier molecular flexibility index (Phi) is 26.5. The summed E-state index contributed by atoms with van der Waals surface area (Å²) in [5.74, 6) is 9.36. The summed E-state index contributed by atoms with van der Waals surface area (Å²) in [5, 5.41) is 43.0. The molecule has 14 fully saturated rings. The highest BCUT2D eigenvalue weighted by Crippen LogP contribution is 2.46. The standard InChI is InChI=1S/2C27H31N5O4.C26H31N5O4.C25H29N5O4/c1-34-24-9-2-16(10-17(24)15-33)23-8-7-22-25(28-23)29-27(32-13-20-5-6-21(14-32)36-20)30-26(22)31-11-18-3-4-19(12-31)35-18;1-34-24-9-2-16(10-17(24)11-33)23-8-7-22-25(28-23)29-27(32-20-5-6-21(32)15-36-14-20)30-26(22)31-18-3-4-19(31)13-35-12-18;1-16-13-34-10-9-30(16)26-28-24-21(25(29-26)31-19-4-5-20(31)15-35-14-19)6-7-22(27-24)17-3-8-23(33-2)18(11-17)12-32;1-32-22-7-2-16(12-17(22)13-31)21-6-5-20-23(26-21)27-25(29-8-10-33-11-9-29)28-24(20)30-18-3-4-19(30)15-34-14-18/h2*2,7-10,18-21,33H,3-6,11-15H2,1H3;3,6-8,11,16,19-20,32H,4-5,9-10,12-15H2,1-2H3;2,5-7,12,18-19,31H,3-4,8-11,13-15H2,1H3/t;;16-,19?,20?;/m..0./s1. The SMILES string of the molecule is COc1ccc(-c2ccc3c(N4C5CCC4COC5)nc(N4C5CCC4COC5)nc3n2)cc1CO.COc1ccc(-c2ccc3c(N4C5CCC4COC5)nc(N4CCOCC4)nc3n2)cc1CO.COc1ccc(-c2ccc3c(N4C5CCC4COC5)nc(N4CCOC[C@@H]4C)nc3n2)cc1CO.COc1ccc(-c2ccc3c(N4CC5CCC(C4)O5)nc(N4CC5CCC(C4)O5)nc3n2)cc1CO. The molecule has 14 aliphatic heterocycles. The van der Waals surface area contributed by atoms with Crippen molar-refractivity contribution in [3.63, 3.8) is 0 Å². The van der Waals surface area contributed by atoms with Crippen molar-refractivity contribution in [2.75, 3.05) is 193 Å². The van der Waals surface area contributed by atoms with Crippen LogP contribution >= 0.6 is 0 Å². The van der Waals surface area contributed by atoms with Crippen LogP contribution in [0.4, 0.5) is 47.1 Å². The molecule has 12 bridgehead atoms. The maximum Gasteiger partial charge on any atom is 0.230 e. The van der Waals surface area contributed by atoms with Crippen LogP contribution < -0.4 is 58.1 Å². The van der Waals surface area contributed by atoms with E-state index in [1.165, 1.54) is 0 Å². The fourth-order valence-corrected chi connectivity index (χ4v) is 23.4. The molecule has 36 heteroatoms. The van der Waals surface area contributed by atoms with E-state index >= 15 is 0 Å². The van der Waals surface area contributed by atoms with E-state index < -0.39 is 0 Å². The number of aromatic nitrogens is 12. The van der Waals surface area contributed by atoms with Crippen molar-refractivity contribution in [2.24, 2.45) is 0 Å². The number of morpholine rings is 8. The summed E-state index contributed by atoms with van der Waals surface area (Å²) in [6.45, 7) is 15.8. The molecule has 22 heterocycles. The largest absolute Gasteiger partial charge is 0.496 e. The first-order chi connectivity index (χ1) is 69.3. The number of hydrogen-bond acceptors (Lipinski definition) is 36. The molecule has 141 heavy (non-hydrogen) atoms. The first kappa shape index (κ1) is 92.7. The lowest BCUT2D eigenvalue weighted by Crippen LogP contribution is -2.48.